The predicted molar refractivity (Wildman–Crippen MR) is 85.5 cm³/mol. The Labute approximate surface area is 130 Å². The molecule has 0 saturated carbocycles. The number of nitrogens with zero attached hydrogens (tertiary/aromatic N) is 1. The van der Waals surface area contributed by atoms with Gasteiger partial charge in [0.15, 0.2) is 5.69 Å². The Morgan fingerprint density at radius 1 is 1.32 bits per heavy atom. The summed E-state index contributed by atoms with van der Waals surface area (Å²) in [5.74, 6) is 0.677. The van der Waals surface area contributed by atoms with Crippen molar-refractivity contribution in [3.8, 4) is 16.3 Å². The van der Waals surface area contributed by atoms with Crippen LogP contribution >= 0.6 is 11.3 Å². The SMILES string of the molecule is O=C(Nc1ccc2c(c1)CCO2)c1cc(-c2cccs2)[nH]n1. The van der Waals surface area contributed by atoms with E-state index in [-0.39, 0.29) is 5.91 Å². The van der Waals surface area contributed by atoms with Gasteiger partial charge in [-0.05, 0) is 41.3 Å². The van der Waals surface area contributed by atoms with E-state index < -0.39 is 0 Å². The van der Waals surface area contributed by atoms with Crippen LogP contribution in [0.15, 0.2) is 41.8 Å². The molecule has 0 unspecified atom stereocenters. The molecule has 0 spiro atoms. The third kappa shape index (κ3) is 2.37. The van der Waals surface area contributed by atoms with Crippen LogP contribution in [0.2, 0.25) is 0 Å². The number of hydrogen-bond donors (Lipinski definition) is 2. The smallest absolute Gasteiger partial charge is 0.276 e. The third-order valence-electron chi connectivity index (χ3n) is 3.54. The summed E-state index contributed by atoms with van der Waals surface area (Å²) in [4.78, 5) is 13.3. The number of fused-ring (bicyclic) bond motifs is 1. The number of amides is 1. The molecule has 0 saturated heterocycles. The Morgan fingerprint density at radius 3 is 3.14 bits per heavy atom. The molecular weight excluding hydrogens is 298 g/mol. The number of nitrogens with one attached hydrogen (secondary N) is 2. The highest BCUT2D eigenvalue weighted by atomic mass is 32.1. The standard InChI is InChI=1S/C16H13N3O2S/c20-16(13-9-12(18-19-13)15-2-1-7-22-15)17-11-3-4-14-10(8-11)5-6-21-14/h1-4,7-9H,5-6H2,(H,17,20)(H,18,19). The zero-order chi connectivity index (χ0) is 14.9. The average molecular weight is 311 g/mol. The molecule has 3 heterocycles. The van der Waals surface area contributed by atoms with Crippen LogP contribution in [0.1, 0.15) is 16.1 Å². The van der Waals surface area contributed by atoms with Gasteiger partial charge in [-0.25, -0.2) is 0 Å². The minimum atomic E-state index is -0.224. The molecule has 2 aromatic heterocycles. The summed E-state index contributed by atoms with van der Waals surface area (Å²) < 4.78 is 5.46. The van der Waals surface area contributed by atoms with Gasteiger partial charge in [-0.15, -0.1) is 11.3 Å². The predicted octanol–water partition coefficient (Wildman–Crippen LogP) is 3.33. The fourth-order valence-electron chi connectivity index (χ4n) is 2.46. The van der Waals surface area contributed by atoms with Crippen molar-refractivity contribution >= 4 is 22.9 Å². The average Bonchev–Trinajstić information content (AvgIpc) is 3.26. The Bertz CT molecular complexity index is 824. The van der Waals surface area contributed by atoms with Crippen LogP contribution in [0, 0.1) is 0 Å². The van der Waals surface area contributed by atoms with Crippen LogP contribution in [0.5, 0.6) is 5.75 Å². The lowest BCUT2D eigenvalue weighted by Gasteiger charge is -2.05. The Balaban J connectivity index is 1.53. The molecule has 3 aromatic rings. The molecular formula is C16H13N3O2S. The lowest BCUT2D eigenvalue weighted by atomic mass is 10.1. The number of hydrogen-bond acceptors (Lipinski definition) is 4. The highest BCUT2D eigenvalue weighted by Gasteiger charge is 2.15. The van der Waals surface area contributed by atoms with Gasteiger partial charge in [0.2, 0.25) is 0 Å². The van der Waals surface area contributed by atoms with E-state index in [1.54, 1.807) is 17.4 Å². The van der Waals surface area contributed by atoms with Crippen molar-refractivity contribution < 1.29 is 9.53 Å². The zero-order valence-corrected chi connectivity index (χ0v) is 12.4. The number of aromatic nitrogens is 2. The number of H-pyrrole nitrogens is 1. The molecule has 110 valence electrons. The van der Waals surface area contributed by atoms with Crippen molar-refractivity contribution in [1.82, 2.24) is 10.2 Å². The summed E-state index contributed by atoms with van der Waals surface area (Å²) in [5, 5.41) is 11.8. The van der Waals surface area contributed by atoms with Crippen LogP contribution in [0.3, 0.4) is 0 Å². The maximum Gasteiger partial charge on any atom is 0.276 e. The van der Waals surface area contributed by atoms with Crippen molar-refractivity contribution in [2.24, 2.45) is 0 Å². The highest BCUT2D eigenvalue weighted by molar-refractivity contribution is 7.13. The molecule has 0 aliphatic carbocycles. The van der Waals surface area contributed by atoms with Gasteiger partial charge in [-0.3, -0.25) is 9.89 Å². The Morgan fingerprint density at radius 2 is 2.27 bits per heavy atom. The molecule has 4 rings (SSSR count). The first-order chi connectivity index (χ1) is 10.8. The van der Waals surface area contributed by atoms with Gasteiger partial charge < -0.3 is 10.1 Å². The van der Waals surface area contributed by atoms with E-state index in [1.807, 2.05) is 35.7 Å². The molecule has 2 N–H and O–H groups in total. The number of aromatic amines is 1. The molecule has 0 bridgehead atoms. The first-order valence-corrected chi connectivity index (χ1v) is 7.84. The molecule has 1 aromatic carbocycles. The van der Waals surface area contributed by atoms with Crippen LogP contribution in [0.4, 0.5) is 5.69 Å². The summed E-state index contributed by atoms with van der Waals surface area (Å²) in [5.41, 5.74) is 3.11. The number of carbonyl (C=O) groups excluding carboxylic acids is 1. The number of thiophene rings is 1. The van der Waals surface area contributed by atoms with E-state index in [1.165, 1.54) is 0 Å². The largest absolute Gasteiger partial charge is 0.493 e. The second-order valence-electron chi connectivity index (χ2n) is 5.02. The van der Waals surface area contributed by atoms with Crippen molar-refractivity contribution in [3.05, 3.63) is 53.0 Å². The topological polar surface area (TPSA) is 67.0 Å². The lowest BCUT2D eigenvalue weighted by molar-refractivity contribution is 0.102. The molecule has 6 heteroatoms. The fraction of sp³-hybridized carbons (Fsp3) is 0.125. The van der Waals surface area contributed by atoms with Crippen molar-refractivity contribution in [3.63, 3.8) is 0 Å². The summed E-state index contributed by atoms with van der Waals surface area (Å²) in [6.45, 7) is 0.705. The van der Waals surface area contributed by atoms with E-state index >= 15 is 0 Å². The van der Waals surface area contributed by atoms with Gasteiger partial charge >= 0.3 is 0 Å². The molecule has 5 nitrogen and oxygen atoms in total. The van der Waals surface area contributed by atoms with Crippen LogP contribution in [-0.4, -0.2) is 22.7 Å². The molecule has 0 fully saturated rings. The minimum Gasteiger partial charge on any atom is -0.493 e. The Hall–Kier alpha value is -2.60. The highest BCUT2D eigenvalue weighted by Crippen LogP contribution is 2.28. The number of anilines is 1. The van der Waals surface area contributed by atoms with Gasteiger partial charge in [0.1, 0.15) is 5.75 Å². The summed E-state index contributed by atoms with van der Waals surface area (Å²) in [7, 11) is 0. The van der Waals surface area contributed by atoms with Crippen LogP contribution in [-0.2, 0) is 6.42 Å². The third-order valence-corrected chi connectivity index (χ3v) is 4.45. The number of ether oxygens (including phenoxy) is 1. The molecule has 1 aliphatic heterocycles. The Kier molecular flexibility index (Phi) is 3.16. The van der Waals surface area contributed by atoms with Gasteiger partial charge in [0, 0.05) is 12.1 Å². The van der Waals surface area contributed by atoms with Crippen LogP contribution in [0.25, 0.3) is 10.6 Å². The van der Waals surface area contributed by atoms with E-state index in [9.17, 15) is 4.79 Å². The summed E-state index contributed by atoms with van der Waals surface area (Å²) in [6.07, 6.45) is 0.879. The van der Waals surface area contributed by atoms with E-state index in [0.29, 0.717) is 12.3 Å². The van der Waals surface area contributed by atoms with Gasteiger partial charge in [-0.2, -0.15) is 5.10 Å². The quantitative estimate of drug-likeness (QED) is 0.779. The van der Waals surface area contributed by atoms with Gasteiger partial charge in [-0.1, -0.05) is 6.07 Å². The van der Waals surface area contributed by atoms with Crippen molar-refractivity contribution in [2.45, 2.75) is 6.42 Å². The zero-order valence-electron chi connectivity index (χ0n) is 11.6. The van der Waals surface area contributed by atoms with Gasteiger partial charge in [0.25, 0.3) is 5.91 Å². The first-order valence-electron chi connectivity index (χ1n) is 6.96. The monoisotopic (exact) mass is 311 g/mol. The lowest BCUT2D eigenvalue weighted by Crippen LogP contribution is -2.12. The summed E-state index contributed by atoms with van der Waals surface area (Å²) >= 11 is 1.60. The maximum atomic E-state index is 12.3. The number of carbonyl (C=O) groups is 1. The number of rotatable bonds is 3. The molecule has 1 aliphatic rings. The summed E-state index contributed by atoms with van der Waals surface area (Å²) in [6, 6.07) is 11.4. The minimum absolute atomic E-state index is 0.224. The fourth-order valence-corrected chi connectivity index (χ4v) is 3.15. The second-order valence-corrected chi connectivity index (χ2v) is 5.97. The first kappa shape index (κ1) is 13.1. The maximum absolute atomic E-state index is 12.3. The molecule has 22 heavy (non-hydrogen) atoms. The van der Waals surface area contributed by atoms with E-state index in [0.717, 1.165) is 34.0 Å². The van der Waals surface area contributed by atoms with Crippen LogP contribution < -0.4 is 10.1 Å². The molecule has 0 atom stereocenters. The van der Waals surface area contributed by atoms with Gasteiger partial charge in [0.05, 0.1) is 17.2 Å². The number of benzene rings is 1. The van der Waals surface area contributed by atoms with E-state index in [4.69, 9.17) is 4.74 Å². The molecule has 0 radical (unpaired) electrons. The van der Waals surface area contributed by atoms with E-state index in [2.05, 4.69) is 15.5 Å². The molecule has 1 amide bonds. The normalized spacial score (nSPS) is 12.7. The second kappa shape index (κ2) is 5.31. The van der Waals surface area contributed by atoms with Crippen molar-refractivity contribution in [1.29, 1.82) is 0 Å². The van der Waals surface area contributed by atoms with Crippen molar-refractivity contribution in [2.75, 3.05) is 11.9 Å².